The number of nitrogens with zero attached hydrogens (tertiary/aromatic N) is 4. The monoisotopic (exact) mass is 298 g/mol. The Morgan fingerprint density at radius 1 is 1.05 bits per heavy atom. The number of piperazine rings is 1. The predicted octanol–water partition coefficient (Wildman–Crippen LogP) is 1.45. The third-order valence-corrected chi connectivity index (χ3v) is 3.75. The smallest absolute Gasteiger partial charge is 0.316 e. The van der Waals surface area contributed by atoms with Gasteiger partial charge in [0.25, 0.3) is 5.91 Å². The molecule has 2 heterocycles. The number of methoxy groups -OCH3 is 1. The van der Waals surface area contributed by atoms with E-state index in [0.717, 1.165) is 13.1 Å². The molecule has 0 spiro atoms. The Balaban J connectivity index is 1.62. The molecule has 0 radical (unpaired) electrons. The van der Waals surface area contributed by atoms with Gasteiger partial charge in [-0.1, -0.05) is 18.2 Å². The van der Waals surface area contributed by atoms with Crippen LogP contribution >= 0.6 is 0 Å². The van der Waals surface area contributed by atoms with E-state index in [2.05, 4.69) is 27.0 Å². The van der Waals surface area contributed by atoms with E-state index in [9.17, 15) is 4.79 Å². The van der Waals surface area contributed by atoms with Crippen molar-refractivity contribution in [2.45, 2.75) is 0 Å². The van der Waals surface area contributed by atoms with Gasteiger partial charge < -0.3 is 14.5 Å². The summed E-state index contributed by atoms with van der Waals surface area (Å²) in [5, 5.41) is 0. The molecule has 1 aromatic carbocycles. The van der Waals surface area contributed by atoms with Gasteiger partial charge >= 0.3 is 6.01 Å². The quantitative estimate of drug-likeness (QED) is 0.858. The SMILES string of the molecule is COc1ncc(C(=O)N2CCN(c3ccccc3)CC2)cn1. The maximum absolute atomic E-state index is 12.4. The normalized spacial score (nSPS) is 14.8. The van der Waals surface area contributed by atoms with E-state index in [1.54, 1.807) is 0 Å². The third kappa shape index (κ3) is 3.00. The average molecular weight is 298 g/mol. The number of rotatable bonds is 3. The van der Waals surface area contributed by atoms with Crippen LogP contribution in [0.1, 0.15) is 10.4 Å². The van der Waals surface area contributed by atoms with Crippen molar-refractivity contribution in [3.05, 3.63) is 48.3 Å². The summed E-state index contributed by atoms with van der Waals surface area (Å²) >= 11 is 0. The lowest BCUT2D eigenvalue weighted by Gasteiger charge is -2.36. The summed E-state index contributed by atoms with van der Waals surface area (Å²) in [5.41, 5.74) is 1.69. The van der Waals surface area contributed by atoms with E-state index < -0.39 is 0 Å². The molecule has 2 aromatic rings. The van der Waals surface area contributed by atoms with Crippen LogP contribution in [0.25, 0.3) is 0 Å². The number of para-hydroxylation sites is 1. The van der Waals surface area contributed by atoms with Crippen LogP contribution in [0.4, 0.5) is 5.69 Å². The second kappa shape index (κ2) is 6.43. The van der Waals surface area contributed by atoms with Gasteiger partial charge in [-0.05, 0) is 12.1 Å². The molecule has 1 amide bonds. The van der Waals surface area contributed by atoms with Gasteiger partial charge in [0.1, 0.15) is 0 Å². The highest BCUT2D eigenvalue weighted by molar-refractivity contribution is 5.93. The second-order valence-electron chi connectivity index (χ2n) is 5.07. The number of carbonyl (C=O) groups excluding carboxylic acids is 1. The number of ether oxygens (including phenoxy) is 1. The highest BCUT2D eigenvalue weighted by atomic mass is 16.5. The van der Waals surface area contributed by atoms with Crippen LogP contribution in [-0.2, 0) is 0 Å². The fourth-order valence-corrected chi connectivity index (χ4v) is 2.52. The first kappa shape index (κ1) is 14.3. The zero-order chi connectivity index (χ0) is 15.4. The molecule has 6 nitrogen and oxygen atoms in total. The first-order valence-electron chi connectivity index (χ1n) is 7.23. The van der Waals surface area contributed by atoms with E-state index in [1.165, 1.54) is 25.2 Å². The Hall–Kier alpha value is -2.63. The van der Waals surface area contributed by atoms with Crippen LogP contribution in [0.2, 0.25) is 0 Å². The largest absolute Gasteiger partial charge is 0.467 e. The molecule has 3 rings (SSSR count). The minimum absolute atomic E-state index is 0.0321. The summed E-state index contributed by atoms with van der Waals surface area (Å²) in [6.07, 6.45) is 3.02. The minimum atomic E-state index is -0.0321. The predicted molar refractivity (Wildman–Crippen MR) is 83.1 cm³/mol. The molecular weight excluding hydrogens is 280 g/mol. The molecule has 1 aliphatic rings. The topological polar surface area (TPSA) is 58.6 Å². The molecule has 6 heteroatoms. The van der Waals surface area contributed by atoms with Gasteiger partial charge in [0.15, 0.2) is 0 Å². The van der Waals surface area contributed by atoms with Crippen LogP contribution in [0.15, 0.2) is 42.7 Å². The zero-order valence-electron chi connectivity index (χ0n) is 12.5. The number of hydrogen-bond acceptors (Lipinski definition) is 5. The number of anilines is 1. The molecule has 0 atom stereocenters. The Bertz CT molecular complexity index is 622. The lowest BCUT2D eigenvalue weighted by Crippen LogP contribution is -2.48. The van der Waals surface area contributed by atoms with Crippen LogP contribution in [0.5, 0.6) is 6.01 Å². The Morgan fingerprint density at radius 3 is 2.27 bits per heavy atom. The summed E-state index contributed by atoms with van der Waals surface area (Å²) in [7, 11) is 1.50. The second-order valence-corrected chi connectivity index (χ2v) is 5.07. The maximum atomic E-state index is 12.4. The Labute approximate surface area is 129 Å². The zero-order valence-corrected chi connectivity index (χ0v) is 12.5. The Kier molecular flexibility index (Phi) is 4.18. The Morgan fingerprint density at radius 2 is 1.68 bits per heavy atom. The minimum Gasteiger partial charge on any atom is -0.467 e. The summed E-state index contributed by atoms with van der Waals surface area (Å²) in [6, 6.07) is 10.5. The summed E-state index contributed by atoms with van der Waals surface area (Å²) in [6.45, 7) is 3.04. The van der Waals surface area contributed by atoms with Gasteiger partial charge in [-0.2, -0.15) is 0 Å². The molecule has 114 valence electrons. The van der Waals surface area contributed by atoms with Crippen LogP contribution in [0.3, 0.4) is 0 Å². The van der Waals surface area contributed by atoms with Crippen molar-refractivity contribution < 1.29 is 9.53 Å². The van der Waals surface area contributed by atoms with Crippen molar-refractivity contribution in [2.75, 3.05) is 38.2 Å². The van der Waals surface area contributed by atoms with Gasteiger partial charge in [-0.25, -0.2) is 9.97 Å². The van der Waals surface area contributed by atoms with Gasteiger partial charge in [0.2, 0.25) is 0 Å². The first-order chi connectivity index (χ1) is 10.8. The molecular formula is C16H18N4O2. The first-order valence-corrected chi connectivity index (χ1v) is 7.23. The van der Waals surface area contributed by atoms with E-state index in [0.29, 0.717) is 18.7 Å². The summed E-state index contributed by atoms with van der Waals surface area (Å²) in [5.74, 6) is -0.0321. The number of benzene rings is 1. The van der Waals surface area contributed by atoms with Crippen LogP contribution < -0.4 is 9.64 Å². The van der Waals surface area contributed by atoms with Crippen molar-refractivity contribution in [3.8, 4) is 6.01 Å². The number of hydrogen-bond donors (Lipinski definition) is 0. The van der Waals surface area contributed by atoms with E-state index in [-0.39, 0.29) is 11.9 Å². The van der Waals surface area contributed by atoms with Gasteiger partial charge in [-0.3, -0.25) is 4.79 Å². The van der Waals surface area contributed by atoms with Crippen molar-refractivity contribution in [1.82, 2.24) is 14.9 Å². The molecule has 0 unspecified atom stereocenters. The molecule has 1 fully saturated rings. The fraction of sp³-hybridized carbons (Fsp3) is 0.312. The van der Waals surface area contributed by atoms with Gasteiger partial charge in [0, 0.05) is 44.3 Å². The van der Waals surface area contributed by atoms with Crippen molar-refractivity contribution in [3.63, 3.8) is 0 Å². The molecule has 0 bridgehead atoms. The molecule has 0 N–H and O–H groups in total. The molecule has 1 saturated heterocycles. The van der Waals surface area contributed by atoms with E-state index >= 15 is 0 Å². The fourth-order valence-electron chi connectivity index (χ4n) is 2.52. The summed E-state index contributed by atoms with van der Waals surface area (Å²) < 4.78 is 4.90. The molecule has 22 heavy (non-hydrogen) atoms. The molecule has 0 aliphatic carbocycles. The van der Waals surface area contributed by atoms with Crippen LogP contribution in [-0.4, -0.2) is 54.1 Å². The molecule has 1 aliphatic heterocycles. The van der Waals surface area contributed by atoms with Crippen molar-refractivity contribution in [2.24, 2.45) is 0 Å². The van der Waals surface area contributed by atoms with Gasteiger partial charge in [0.05, 0.1) is 12.7 Å². The number of carbonyl (C=O) groups is 1. The maximum Gasteiger partial charge on any atom is 0.316 e. The van der Waals surface area contributed by atoms with E-state index in [1.807, 2.05) is 23.1 Å². The lowest BCUT2D eigenvalue weighted by atomic mass is 10.2. The molecule has 1 aromatic heterocycles. The van der Waals surface area contributed by atoms with E-state index in [4.69, 9.17) is 4.74 Å². The van der Waals surface area contributed by atoms with Crippen LogP contribution in [0, 0.1) is 0 Å². The number of aromatic nitrogens is 2. The highest BCUT2D eigenvalue weighted by Crippen LogP contribution is 2.16. The lowest BCUT2D eigenvalue weighted by molar-refractivity contribution is 0.0745. The van der Waals surface area contributed by atoms with Gasteiger partial charge in [-0.15, -0.1) is 0 Å². The average Bonchev–Trinajstić information content (AvgIpc) is 2.62. The highest BCUT2D eigenvalue weighted by Gasteiger charge is 2.22. The van der Waals surface area contributed by atoms with Crippen molar-refractivity contribution >= 4 is 11.6 Å². The third-order valence-electron chi connectivity index (χ3n) is 3.75. The molecule has 0 saturated carbocycles. The van der Waals surface area contributed by atoms with Crippen molar-refractivity contribution in [1.29, 1.82) is 0 Å². The standard InChI is InChI=1S/C16H18N4O2/c1-22-16-17-11-13(12-18-16)15(21)20-9-7-19(8-10-20)14-5-3-2-4-6-14/h2-6,11-12H,7-10H2,1H3. The summed E-state index contributed by atoms with van der Waals surface area (Å²) in [4.78, 5) is 24.5. The number of amides is 1.